The van der Waals surface area contributed by atoms with Crippen LogP contribution in [0.25, 0.3) is 0 Å². The van der Waals surface area contributed by atoms with Crippen LogP contribution in [0.3, 0.4) is 0 Å². The second kappa shape index (κ2) is 7.07. The molecule has 3 atom stereocenters. The zero-order chi connectivity index (χ0) is 17.2. The monoisotopic (exact) mass is 359 g/mol. The van der Waals surface area contributed by atoms with Crippen LogP contribution in [-0.2, 0) is 14.3 Å². The second-order valence-electron chi connectivity index (χ2n) is 6.18. The first-order valence-electron chi connectivity index (χ1n) is 7.23. The second-order valence-corrected chi connectivity index (χ2v) is 6.99. The Labute approximate surface area is 144 Å². The van der Waals surface area contributed by atoms with Crippen molar-refractivity contribution in [3.63, 3.8) is 0 Å². The first-order chi connectivity index (χ1) is 10.8. The van der Waals surface area contributed by atoms with Gasteiger partial charge in [-0.05, 0) is 37.0 Å². The standard InChI is InChI=1S/C16H19Cl2NO4/c1-16(8-23-2,7-14(20)21)19-15(22)11-6-10(11)9-3-4-12(17)13(18)5-9/h3-5,10-11H,6-8H2,1-2H3,(H,19,22)(H,20,21). The average molecular weight is 360 g/mol. The summed E-state index contributed by atoms with van der Waals surface area (Å²) in [5, 5.41) is 12.7. The zero-order valence-electron chi connectivity index (χ0n) is 12.9. The maximum Gasteiger partial charge on any atom is 0.305 e. The van der Waals surface area contributed by atoms with Crippen LogP contribution in [0.5, 0.6) is 0 Å². The topological polar surface area (TPSA) is 75.6 Å². The van der Waals surface area contributed by atoms with Crippen LogP contribution in [0.15, 0.2) is 18.2 Å². The van der Waals surface area contributed by atoms with Gasteiger partial charge in [-0.15, -0.1) is 0 Å². The van der Waals surface area contributed by atoms with Crippen LogP contribution >= 0.6 is 23.2 Å². The van der Waals surface area contributed by atoms with Crippen LogP contribution in [-0.4, -0.2) is 36.2 Å². The highest BCUT2D eigenvalue weighted by Gasteiger charge is 2.46. The Hall–Kier alpha value is -1.30. The molecule has 1 saturated carbocycles. The minimum Gasteiger partial charge on any atom is -0.481 e. The number of rotatable bonds is 7. The van der Waals surface area contributed by atoms with Gasteiger partial charge in [0, 0.05) is 13.0 Å². The Morgan fingerprint density at radius 2 is 2.09 bits per heavy atom. The third-order valence-electron chi connectivity index (χ3n) is 3.93. The molecule has 1 aliphatic rings. The lowest BCUT2D eigenvalue weighted by Crippen LogP contribution is -2.51. The Bertz CT molecular complexity index is 622. The van der Waals surface area contributed by atoms with Gasteiger partial charge in [0.2, 0.25) is 5.91 Å². The average Bonchev–Trinajstić information content (AvgIpc) is 3.21. The van der Waals surface area contributed by atoms with Gasteiger partial charge in [-0.1, -0.05) is 29.3 Å². The van der Waals surface area contributed by atoms with Gasteiger partial charge in [-0.3, -0.25) is 9.59 Å². The number of nitrogens with one attached hydrogen (secondary N) is 1. The molecule has 2 rings (SSSR count). The highest BCUT2D eigenvalue weighted by molar-refractivity contribution is 6.42. The van der Waals surface area contributed by atoms with E-state index in [9.17, 15) is 9.59 Å². The molecule has 1 aliphatic carbocycles. The van der Waals surface area contributed by atoms with Gasteiger partial charge in [-0.25, -0.2) is 0 Å². The molecule has 126 valence electrons. The van der Waals surface area contributed by atoms with Gasteiger partial charge >= 0.3 is 5.97 Å². The van der Waals surface area contributed by atoms with E-state index in [0.717, 1.165) is 5.56 Å². The number of amides is 1. The number of carbonyl (C=O) groups is 2. The van der Waals surface area contributed by atoms with E-state index in [0.29, 0.717) is 16.5 Å². The molecule has 0 aliphatic heterocycles. The molecule has 1 aromatic rings. The van der Waals surface area contributed by atoms with Crippen molar-refractivity contribution >= 4 is 35.1 Å². The maximum absolute atomic E-state index is 12.4. The molecule has 3 unspecified atom stereocenters. The number of hydrogen-bond acceptors (Lipinski definition) is 3. The van der Waals surface area contributed by atoms with Crippen LogP contribution in [0, 0.1) is 5.92 Å². The smallest absolute Gasteiger partial charge is 0.305 e. The van der Waals surface area contributed by atoms with Crippen molar-refractivity contribution in [1.82, 2.24) is 5.32 Å². The van der Waals surface area contributed by atoms with E-state index < -0.39 is 11.5 Å². The molecule has 1 aromatic carbocycles. The summed E-state index contributed by atoms with van der Waals surface area (Å²) in [6.07, 6.45) is 0.511. The fraction of sp³-hybridized carbons (Fsp3) is 0.500. The molecule has 0 radical (unpaired) electrons. The Morgan fingerprint density at radius 3 is 2.65 bits per heavy atom. The van der Waals surface area contributed by atoms with Crippen LogP contribution < -0.4 is 5.32 Å². The summed E-state index contributed by atoms with van der Waals surface area (Å²) < 4.78 is 5.04. The number of carbonyl (C=O) groups excluding carboxylic acids is 1. The van der Waals surface area contributed by atoms with Crippen molar-refractivity contribution < 1.29 is 19.4 Å². The number of benzene rings is 1. The molecule has 2 N–H and O–H groups in total. The molecule has 23 heavy (non-hydrogen) atoms. The van der Waals surface area contributed by atoms with Gasteiger partial charge in [0.25, 0.3) is 0 Å². The molecular formula is C16H19Cl2NO4. The zero-order valence-corrected chi connectivity index (χ0v) is 14.4. The molecule has 5 nitrogen and oxygen atoms in total. The van der Waals surface area contributed by atoms with E-state index in [1.165, 1.54) is 7.11 Å². The van der Waals surface area contributed by atoms with Crippen LogP contribution in [0.1, 0.15) is 31.2 Å². The van der Waals surface area contributed by atoms with Crippen molar-refractivity contribution in [2.24, 2.45) is 5.92 Å². The van der Waals surface area contributed by atoms with Crippen molar-refractivity contribution in [2.75, 3.05) is 13.7 Å². The summed E-state index contributed by atoms with van der Waals surface area (Å²) in [5.74, 6) is -1.25. The molecule has 0 bridgehead atoms. The van der Waals surface area contributed by atoms with Crippen LogP contribution in [0.2, 0.25) is 10.0 Å². The van der Waals surface area contributed by atoms with Gasteiger partial charge in [0.1, 0.15) is 0 Å². The van der Waals surface area contributed by atoms with Crippen molar-refractivity contribution in [3.8, 4) is 0 Å². The number of aliphatic carboxylic acids is 1. The molecule has 1 amide bonds. The molecule has 0 spiro atoms. The summed E-state index contributed by atoms with van der Waals surface area (Å²) >= 11 is 11.9. The first kappa shape index (κ1) is 18.0. The van der Waals surface area contributed by atoms with Crippen LogP contribution in [0.4, 0.5) is 0 Å². The minimum atomic E-state index is -0.985. The minimum absolute atomic E-state index is 0.0846. The van der Waals surface area contributed by atoms with E-state index in [1.807, 2.05) is 6.07 Å². The van der Waals surface area contributed by atoms with Crippen molar-refractivity contribution in [1.29, 1.82) is 0 Å². The van der Waals surface area contributed by atoms with Gasteiger partial charge in [0.15, 0.2) is 0 Å². The lowest BCUT2D eigenvalue weighted by atomic mass is 9.98. The number of ether oxygens (including phenoxy) is 1. The fourth-order valence-corrected chi connectivity index (χ4v) is 3.08. The lowest BCUT2D eigenvalue weighted by Gasteiger charge is -2.28. The highest BCUT2D eigenvalue weighted by atomic mass is 35.5. The maximum atomic E-state index is 12.4. The third-order valence-corrected chi connectivity index (χ3v) is 4.67. The molecule has 0 aromatic heterocycles. The number of hydrogen-bond donors (Lipinski definition) is 2. The molecule has 0 saturated heterocycles. The summed E-state index contributed by atoms with van der Waals surface area (Å²) in [4.78, 5) is 23.4. The number of methoxy groups -OCH3 is 1. The van der Waals surface area contributed by atoms with E-state index in [4.69, 9.17) is 33.0 Å². The number of carboxylic acid groups (broad SMARTS) is 1. The summed E-state index contributed by atoms with van der Waals surface area (Å²) in [5.41, 5.74) is 0.0360. The molecular weight excluding hydrogens is 341 g/mol. The van der Waals surface area contributed by atoms with Crippen molar-refractivity contribution in [3.05, 3.63) is 33.8 Å². The normalized spacial score (nSPS) is 22.3. The summed E-state index contributed by atoms with van der Waals surface area (Å²) in [6, 6.07) is 5.34. The molecule has 7 heteroatoms. The first-order valence-corrected chi connectivity index (χ1v) is 7.99. The highest BCUT2D eigenvalue weighted by Crippen LogP contribution is 2.48. The number of halogens is 2. The predicted octanol–water partition coefficient (Wildman–Crippen LogP) is 3.09. The van der Waals surface area contributed by atoms with Gasteiger partial charge in [-0.2, -0.15) is 0 Å². The lowest BCUT2D eigenvalue weighted by molar-refractivity contribution is -0.139. The quantitative estimate of drug-likeness (QED) is 0.784. The molecule has 1 fully saturated rings. The third kappa shape index (κ3) is 4.59. The van der Waals surface area contributed by atoms with E-state index in [1.54, 1.807) is 19.1 Å². The summed E-state index contributed by atoms with van der Waals surface area (Å²) in [6.45, 7) is 1.80. The fourth-order valence-electron chi connectivity index (χ4n) is 2.77. The molecule has 0 heterocycles. The SMILES string of the molecule is COCC(C)(CC(=O)O)NC(=O)C1CC1c1ccc(Cl)c(Cl)c1. The van der Waals surface area contributed by atoms with Gasteiger partial charge in [0.05, 0.1) is 28.6 Å². The van der Waals surface area contributed by atoms with E-state index >= 15 is 0 Å². The van der Waals surface area contributed by atoms with Gasteiger partial charge < -0.3 is 15.2 Å². The Morgan fingerprint density at radius 1 is 1.39 bits per heavy atom. The summed E-state index contributed by atoms with van der Waals surface area (Å²) in [7, 11) is 1.47. The number of carboxylic acids is 1. The van der Waals surface area contributed by atoms with E-state index in [-0.39, 0.29) is 30.8 Å². The Kier molecular flexibility index (Phi) is 5.55. The Balaban J connectivity index is 2.01. The van der Waals surface area contributed by atoms with E-state index in [2.05, 4.69) is 5.32 Å². The van der Waals surface area contributed by atoms with Crippen molar-refractivity contribution in [2.45, 2.75) is 31.2 Å². The predicted molar refractivity (Wildman–Crippen MR) is 88.0 cm³/mol. The largest absolute Gasteiger partial charge is 0.481 e.